The van der Waals surface area contributed by atoms with Gasteiger partial charge >= 0.3 is 0 Å². The number of hydrogen-bond acceptors (Lipinski definition) is 2. The second-order valence-electron chi connectivity index (χ2n) is 2.88. The SMILES string of the molecule is C=CCOc1ccc(Br)cc1CNC. The van der Waals surface area contributed by atoms with Crippen molar-refractivity contribution < 1.29 is 4.74 Å². The van der Waals surface area contributed by atoms with Crippen LogP contribution in [0.5, 0.6) is 5.75 Å². The Morgan fingerprint density at radius 2 is 2.36 bits per heavy atom. The minimum absolute atomic E-state index is 0.540. The van der Waals surface area contributed by atoms with Crippen LogP contribution in [0.15, 0.2) is 35.3 Å². The third kappa shape index (κ3) is 3.16. The number of benzene rings is 1. The third-order valence-electron chi connectivity index (χ3n) is 1.75. The van der Waals surface area contributed by atoms with Crippen molar-refractivity contribution in [1.82, 2.24) is 5.32 Å². The van der Waals surface area contributed by atoms with Crippen molar-refractivity contribution in [2.24, 2.45) is 0 Å². The van der Waals surface area contributed by atoms with Crippen LogP contribution in [-0.4, -0.2) is 13.7 Å². The Labute approximate surface area is 93.1 Å². The summed E-state index contributed by atoms with van der Waals surface area (Å²) in [5, 5.41) is 3.10. The molecule has 1 aromatic rings. The Morgan fingerprint density at radius 3 is 3.00 bits per heavy atom. The van der Waals surface area contributed by atoms with Crippen LogP contribution in [0.25, 0.3) is 0 Å². The van der Waals surface area contributed by atoms with E-state index >= 15 is 0 Å². The van der Waals surface area contributed by atoms with Crippen LogP contribution in [0, 0.1) is 0 Å². The lowest BCUT2D eigenvalue weighted by Gasteiger charge is -2.10. The van der Waals surface area contributed by atoms with Crippen LogP contribution >= 0.6 is 15.9 Å². The van der Waals surface area contributed by atoms with Crippen molar-refractivity contribution in [3.63, 3.8) is 0 Å². The molecule has 0 saturated heterocycles. The van der Waals surface area contributed by atoms with E-state index in [0.29, 0.717) is 6.61 Å². The van der Waals surface area contributed by atoms with Crippen molar-refractivity contribution in [3.8, 4) is 5.75 Å². The van der Waals surface area contributed by atoms with Gasteiger partial charge < -0.3 is 10.1 Å². The summed E-state index contributed by atoms with van der Waals surface area (Å²) in [5.74, 6) is 0.905. The molecule has 14 heavy (non-hydrogen) atoms. The summed E-state index contributed by atoms with van der Waals surface area (Å²) in [6.07, 6.45) is 1.74. The van der Waals surface area contributed by atoms with E-state index < -0.39 is 0 Å². The van der Waals surface area contributed by atoms with Crippen LogP contribution in [0.1, 0.15) is 5.56 Å². The highest BCUT2D eigenvalue weighted by atomic mass is 79.9. The molecule has 1 aromatic carbocycles. The van der Waals surface area contributed by atoms with Gasteiger partial charge in [0, 0.05) is 16.6 Å². The standard InChI is InChI=1S/C11H14BrNO/c1-3-6-14-11-5-4-10(12)7-9(11)8-13-2/h3-5,7,13H,1,6,8H2,2H3. The number of nitrogens with one attached hydrogen (secondary N) is 1. The molecule has 0 aromatic heterocycles. The van der Waals surface area contributed by atoms with Gasteiger partial charge in [0.1, 0.15) is 12.4 Å². The molecule has 1 N–H and O–H groups in total. The summed E-state index contributed by atoms with van der Waals surface area (Å²) in [6.45, 7) is 4.96. The molecule has 0 heterocycles. The summed E-state index contributed by atoms with van der Waals surface area (Å²) >= 11 is 3.43. The maximum Gasteiger partial charge on any atom is 0.124 e. The minimum Gasteiger partial charge on any atom is -0.489 e. The van der Waals surface area contributed by atoms with Gasteiger partial charge in [0.05, 0.1) is 0 Å². The van der Waals surface area contributed by atoms with Crippen molar-refractivity contribution in [2.45, 2.75) is 6.54 Å². The van der Waals surface area contributed by atoms with Gasteiger partial charge in [0.25, 0.3) is 0 Å². The smallest absolute Gasteiger partial charge is 0.124 e. The molecule has 0 aliphatic heterocycles. The van der Waals surface area contributed by atoms with Gasteiger partial charge in [-0.25, -0.2) is 0 Å². The lowest BCUT2D eigenvalue weighted by molar-refractivity contribution is 0.358. The molecule has 2 nitrogen and oxygen atoms in total. The van der Waals surface area contributed by atoms with Crippen molar-refractivity contribution in [1.29, 1.82) is 0 Å². The second kappa shape index (κ2) is 5.83. The molecule has 0 aliphatic rings. The van der Waals surface area contributed by atoms with Gasteiger partial charge in [-0.1, -0.05) is 28.6 Å². The molecule has 1 rings (SSSR count). The molecule has 0 unspecified atom stereocenters. The first kappa shape index (κ1) is 11.3. The van der Waals surface area contributed by atoms with Gasteiger partial charge in [-0.15, -0.1) is 0 Å². The highest BCUT2D eigenvalue weighted by Crippen LogP contribution is 2.23. The van der Waals surface area contributed by atoms with Gasteiger partial charge in [-0.3, -0.25) is 0 Å². The predicted molar refractivity (Wildman–Crippen MR) is 62.6 cm³/mol. The summed E-state index contributed by atoms with van der Waals surface area (Å²) in [6, 6.07) is 5.98. The molecule has 3 heteroatoms. The Hall–Kier alpha value is -0.800. The van der Waals surface area contributed by atoms with Gasteiger partial charge in [-0.05, 0) is 25.2 Å². The summed E-state index contributed by atoms with van der Waals surface area (Å²) in [4.78, 5) is 0. The first-order chi connectivity index (χ1) is 6.77. The van der Waals surface area contributed by atoms with E-state index in [4.69, 9.17) is 4.74 Å². The monoisotopic (exact) mass is 255 g/mol. The largest absolute Gasteiger partial charge is 0.489 e. The fourth-order valence-electron chi connectivity index (χ4n) is 1.17. The molecule has 76 valence electrons. The minimum atomic E-state index is 0.540. The number of hydrogen-bond donors (Lipinski definition) is 1. The van der Waals surface area contributed by atoms with E-state index in [0.717, 1.165) is 22.3 Å². The maximum absolute atomic E-state index is 5.51. The molecule has 0 amide bonds. The van der Waals surface area contributed by atoms with Crippen molar-refractivity contribution >= 4 is 15.9 Å². The number of halogens is 1. The van der Waals surface area contributed by atoms with Crippen LogP contribution in [0.4, 0.5) is 0 Å². The molecule has 0 saturated carbocycles. The first-order valence-electron chi connectivity index (χ1n) is 4.44. The van der Waals surface area contributed by atoms with Gasteiger partial charge in [-0.2, -0.15) is 0 Å². The molecule has 0 bridgehead atoms. The molecule has 0 atom stereocenters. The second-order valence-corrected chi connectivity index (χ2v) is 3.80. The predicted octanol–water partition coefficient (Wildman–Crippen LogP) is 2.73. The molecule has 0 aliphatic carbocycles. The lowest BCUT2D eigenvalue weighted by Crippen LogP contribution is -2.07. The van der Waals surface area contributed by atoms with E-state index in [-0.39, 0.29) is 0 Å². The summed E-state index contributed by atoms with van der Waals surface area (Å²) in [7, 11) is 1.91. The Morgan fingerprint density at radius 1 is 1.57 bits per heavy atom. The zero-order valence-corrected chi connectivity index (χ0v) is 9.80. The molecule has 0 spiro atoms. The molecular weight excluding hydrogens is 242 g/mol. The zero-order valence-electron chi connectivity index (χ0n) is 8.22. The normalized spacial score (nSPS) is 9.86. The highest BCUT2D eigenvalue weighted by molar-refractivity contribution is 9.10. The van der Waals surface area contributed by atoms with Crippen molar-refractivity contribution in [2.75, 3.05) is 13.7 Å². The maximum atomic E-state index is 5.51. The molecule has 0 fully saturated rings. The average molecular weight is 256 g/mol. The first-order valence-corrected chi connectivity index (χ1v) is 5.24. The summed E-state index contributed by atoms with van der Waals surface area (Å²) < 4.78 is 6.58. The van der Waals surface area contributed by atoms with Gasteiger partial charge in [0.2, 0.25) is 0 Å². The quantitative estimate of drug-likeness (QED) is 0.818. The van der Waals surface area contributed by atoms with E-state index in [1.54, 1.807) is 6.08 Å². The Kier molecular flexibility index (Phi) is 4.70. The lowest BCUT2D eigenvalue weighted by atomic mass is 10.2. The Bertz CT molecular complexity index is 312. The van der Waals surface area contributed by atoms with E-state index in [2.05, 4.69) is 33.9 Å². The third-order valence-corrected chi connectivity index (χ3v) is 2.24. The fraction of sp³-hybridized carbons (Fsp3) is 0.273. The van der Waals surface area contributed by atoms with E-state index in [1.807, 2.05) is 19.2 Å². The molecular formula is C11H14BrNO. The average Bonchev–Trinajstić information content (AvgIpc) is 2.17. The van der Waals surface area contributed by atoms with Gasteiger partial charge in [0.15, 0.2) is 0 Å². The molecule has 0 radical (unpaired) electrons. The van der Waals surface area contributed by atoms with Crippen LogP contribution in [0.2, 0.25) is 0 Å². The Balaban J connectivity index is 2.83. The number of rotatable bonds is 5. The van der Waals surface area contributed by atoms with E-state index in [1.165, 1.54) is 0 Å². The van der Waals surface area contributed by atoms with Crippen LogP contribution in [0.3, 0.4) is 0 Å². The highest BCUT2D eigenvalue weighted by Gasteiger charge is 2.02. The van der Waals surface area contributed by atoms with E-state index in [9.17, 15) is 0 Å². The van der Waals surface area contributed by atoms with Crippen LogP contribution < -0.4 is 10.1 Å². The topological polar surface area (TPSA) is 21.3 Å². The van der Waals surface area contributed by atoms with Crippen LogP contribution in [-0.2, 0) is 6.54 Å². The number of ether oxygens (including phenoxy) is 1. The fourth-order valence-corrected chi connectivity index (χ4v) is 1.57. The zero-order chi connectivity index (χ0) is 10.4. The summed E-state index contributed by atoms with van der Waals surface area (Å²) in [5.41, 5.74) is 1.14. The van der Waals surface area contributed by atoms with Crippen molar-refractivity contribution in [3.05, 3.63) is 40.9 Å².